The minimum absolute atomic E-state index is 0.127. The monoisotopic (exact) mass is 264 g/mol. The number of halogens is 1. The standard InChI is InChI=1S/C13H13ClN2O2/c1-18-13(17)7-11(15)9-4-5-16-12-3-2-8(14)6-10(9)12/h2-6,11H,7,15H2,1H3/t11-/m1/s1. The molecule has 0 fully saturated rings. The van der Waals surface area contributed by atoms with Crippen molar-refractivity contribution in [2.24, 2.45) is 5.73 Å². The van der Waals surface area contributed by atoms with Crippen LogP contribution < -0.4 is 5.73 Å². The molecular formula is C13H13ClN2O2. The zero-order valence-electron chi connectivity index (χ0n) is 9.89. The summed E-state index contributed by atoms with van der Waals surface area (Å²) in [6.07, 6.45) is 1.80. The van der Waals surface area contributed by atoms with Gasteiger partial charge in [-0.05, 0) is 29.8 Å². The molecule has 0 bridgehead atoms. The average Bonchev–Trinajstić information content (AvgIpc) is 2.37. The Labute approximate surface area is 110 Å². The van der Waals surface area contributed by atoms with E-state index < -0.39 is 6.04 Å². The fourth-order valence-electron chi connectivity index (χ4n) is 1.84. The van der Waals surface area contributed by atoms with Crippen LogP contribution in [0.1, 0.15) is 18.0 Å². The Balaban J connectivity index is 2.43. The van der Waals surface area contributed by atoms with Gasteiger partial charge in [0.05, 0.1) is 19.0 Å². The normalized spacial score (nSPS) is 12.4. The maximum absolute atomic E-state index is 11.3. The van der Waals surface area contributed by atoms with Gasteiger partial charge >= 0.3 is 5.97 Å². The van der Waals surface area contributed by atoms with Gasteiger partial charge in [0.25, 0.3) is 0 Å². The maximum Gasteiger partial charge on any atom is 0.307 e. The Morgan fingerprint density at radius 2 is 2.28 bits per heavy atom. The zero-order valence-corrected chi connectivity index (χ0v) is 10.6. The van der Waals surface area contributed by atoms with E-state index in [1.807, 2.05) is 6.07 Å². The number of hydrogen-bond acceptors (Lipinski definition) is 4. The quantitative estimate of drug-likeness (QED) is 0.865. The number of ether oxygens (including phenoxy) is 1. The van der Waals surface area contributed by atoms with Crippen LogP contribution in [0.5, 0.6) is 0 Å². The smallest absolute Gasteiger partial charge is 0.307 e. The van der Waals surface area contributed by atoms with E-state index in [0.29, 0.717) is 5.02 Å². The molecule has 2 rings (SSSR count). The molecule has 2 aromatic rings. The first-order valence-electron chi connectivity index (χ1n) is 5.48. The molecule has 0 amide bonds. The zero-order chi connectivity index (χ0) is 13.1. The molecule has 4 nitrogen and oxygen atoms in total. The van der Waals surface area contributed by atoms with Crippen molar-refractivity contribution in [2.75, 3.05) is 7.11 Å². The third-order valence-electron chi connectivity index (χ3n) is 2.75. The molecule has 0 spiro atoms. The van der Waals surface area contributed by atoms with Crippen LogP contribution in [0.15, 0.2) is 30.5 Å². The molecule has 0 aliphatic carbocycles. The predicted octanol–water partition coefficient (Wildman–Crippen LogP) is 2.45. The summed E-state index contributed by atoms with van der Waals surface area (Å²) in [6.45, 7) is 0. The molecule has 0 radical (unpaired) electrons. The summed E-state index contributed by atoms with van der Waals surface area (Å²) in [6, 6.07) is 6.77. The Morgan fingerprint density at radius 3 is 3.00 bits per heavy atom. The number of carbonyl (C=O) groups excluding carboxylic acids is 1. The lowest BCUT2D eigenvalue weighted by Gasteiger charge is -2.13. The lowest BCUT2D eigenvalue weighted by Crippen LogP contribution is -2.16. The number of aromatic nitrogens is 1. The summed E-state index contributed by atoms with van der Waals surface area (Å²) in [5.74, 6) is -0.338. The molecule has 1 heterocycles. The number of esters is 1. The van der Waals surface area contributed by atoms with Gasteiger partial charge in [0, 0.05) is 22.6 Å². The number of nitrogens with two attached hydrogens (primary N) is 1. The van der Waals surface area contributed by atoms with Crippen molar-refractivity contribution in [3.05, 3.63) is 41.0 Å². The van der Waals surface area contributed by atoms with Gasteiger partial charge in [0.1, 0.15) is 0 Å². The van der Waals surface area contributed by atoms with Gasteiger partial charge < -0.3 is 10.5 Å². The van der Waals surface area contributed by atoms with Gasteiger partial charge in [0.2, 0.25) is 0 Å². The first-order chi connectivity index (χ1) is 8.61. The molecule has 18 heavy (non-hydrogen) atoms. The van der Waals surface area contributed by atoms with Gasteiger partial charge in [-0.25, -0.2) is 0 Å². The van der Waals surface area contributed by atoms with Crippen LogP contribution in [-0.2, 0) is 9.53 Å². The lowest BCUT2D eigenvalue weighted by molar-refractivity contribution is -0.141. The number of carbonyl (C=O) groups is 1. The number of methoxy groups -OCH3 is 1. The van der Waals surface area contributed by atoms with E-state index in [1.165, 1.54) is 7.11 Å². The van der Waals surface area contributed by atoms with Gasteiger partial charge in [-0.15, -0.1) is 0 Å². The van der Waals surface area contributed by atoms with Gasteiger partial charge in [0.15, 0.2) is 0 Å². The van der Waals surface area contributed by atoms with E-state index in [2.05, 4.69) is 9.72 Å². The molecule has 0 unspecified atom stereocenters. The third kappa shape index (κ3) is 2.60. The van der Waals surface area contributed by atoms with Crippen LogP contribution in [0, 0.1) is 0 Å². The fraction of sp³-hybridized carbons (Fsp3) is 0.231. The number of pyridine rings is 1. The molecule has 1 aromatic heterocycles. The van der Waals surface area contributed by atoms with Crippen LogP contribution in [0.25, 0.3) is 10.9 Å². The van der Waals surface area contributed by atoms with E-state index in [1.54, 1.807) is 24.4 Å². The molecule has 1 aromatic carbocycles. The summed E-state index contributed by atoms with van der Waals surface area (Å²) in [5, 5.41) is 1.48. The highest BCUT2D eigenvalue weighted by atomic mass is 35.5. The van der Waals surface area contributed by atoms with E-state index in [-0.39, 0.29) is 12.4 Å². The van der Waals surface area contributed by atoms with Crippen molar-refractivity contribution in [3.63, 3.8) is 0 Å². The van der Waals surface area contributed by atoms with Crippen LogP contribution in [0.2, 0.25) is 5.02 Å². The van der Waals surface area contributed by atoms with Crippen molar-refractivity contribution >= 4 is 28.5 Å². The third-order valence-corrected chi connectivity index (χ3v) is 2.99. The highest BCUT2D eigenvalue weighted by molar-refractivity contribution is 6.31. The number of hydrogen-bond donors (Lipinski definition) is 1. The fourth-order valence-corrected chi connectivity index (χ4v) is 2.01. The second-order valence-corrected chi connectivity index (χ2v) is 4.38. The SMILES string of the molecule is COC(=O)C[C@@H](N)c1ccnc2ccc(Cl)cc12. The summed E-state index contributed by atoms with van der Waals surface area (Å²) in [4.78, 5) is 15.5. The van der Waals surface area contributed by atoms with Gasteiger partial charge in [-0.2, -0.15) is 0 Å². The second-order valence-electron chi connectivity index (χ2n) is 3.95. The molecule has 0 saturated heterocycles. The van der Waals surface area contributed by atoms with Crippen molar-refractivity contribution in [3.8, 4) is 0 Å². The van der Waals surface area contributed by atoms with Gasteiger partial charge in [-0.3, -0.25) is 9.78 Å². The molecule has 1 atom stereocenters. The maximum atomic E-state index is 11.3. The average molecular weight is 265 g/mol. The summed E-state index contributed by atoms with van der Waals surface area (Å²) in [5.41, 5.74) is 7.66. The van der Waals surface area contributed by atoms with E-state index >= 15 is 0 Å². The first-order valence-corrected chi connectivity index (χ1v) is 5.86. The first kappa shape index (κ1) is 12.8. The van der Waals surface area contributed by atoms with Crippen molar-refractivity contribution in [1.29, 1.82) is 0 Å². The Bertz CT molecular complexity index is 586. The Kier molecular flexibility index (Phi) is 3.79. The largest absolute Gasteiger partial charge is 0.469 e. The molecule has 5 heteroatoms. The predicted molar refractivity (Wildman–Crippen MR) is 70.3 cm³/mol. The minimum atomic E-state index is -0.429. The van der Waals surface area contributed by atoms with Crippen LogP contribution in [0.3, 0.4) is 0 Å². The van der Waals surface area contributed by atoms with Crippen LogP contribution in [-0.4, -0.2) is 18.1 Å². The molecule has 0 saturated carbocycles. The lowest BCUT2D eigenvalue weighted by atomic mass is 10.0. The molecule has 2 N–H and O–H groups in total. The molecular weight excluding hydrogens is 252 g/mol. The topological polar surface area (TPSA) is 65.2 Å². The van der Waals surface area contributed by atoms with Crippen LogP contribution in [0.4, 0.5) is 0 Å². The van der Waals surface area contributed by atoms with Crippen molar-refractivity contribution < 1.29 is 9.53 Å². The number of benzene rings is 1. The van der Waals surface area contributed by atoms with Crippen LogP contribution >= 0.6 is 11.6 Å². The van der Waals surface area contributed by atoms with E-state index in [0.717, 1.165) is 16.5 Å². The Morgan fingerprint density at radius 1 is 1.50 bits per heavy atom. The van der Waals surface area contributed by atoms with Crippen molar-refractivity contribution in [2.45, 2.75) is 12.5 Å². The number of rotatable bonds is 3. The number of fused-ring (bicyclic) bond motifs is 1. The molecule has 0 aliphatic rings. The van der Waals surface area contributed by atoms with E-state index in [4.69, 9.17) is 17.3 Å². The number of nitrogens with zero attached hydrogens (tertiary/aromatic N) is 1. The Hall–Kier alpha value is -1.65. The minimum Gasteiger partial charge on any atom is -0.469 e. The summed E-state index contributed by atoms with van der Waals surface area (Å²) < 4.78 is 4.62. The van der Waals surface area contributed by atoms with E-state index in [9.17, 15) is 4.79 Å². The second kappa shape index (κ2) is 5.33. The highest BCUT2D eigenvalue weighted by Crippen LogP contribution is 2.26. The highest BCUT2D eigenvalue weighted by Gasteiger charge is 2.15. The van der Waals surface area contributed by atoms with Crippen molar-refractivity contribution in [1.82, 2.24) is 4.98 Å². The molecule has 94 valence electrons. The summed E-state index contributed by atoms with van der Waals surface area (Å²) >= 11 is 5.97. The van der Waals surface area contributed by atoms with Gasteiger partial charge in [-0.1, -0.05) is 11.6 Å². The molecule has 0 aliphatic heterocycles. The summed E-state index contributed by atoms with van der Waals surface area (Å²) in [7, 11) is 1.34.